The van der Waals surface area contributed by atoms with Crippen molar-refractivity contribution in [3.05, 3.63) is 39.7 Å². The summed E-state index contributed by atoms with van der Waals surface area (Å²) in [5.74, 6) is -1.66. The molecule has 1 aromatic carbocycles. The van der Waals surface area contributed by atoms with E-state index in [4.69, 9.17) is 5.11 Å². The maximum absolute atomic E-state index is 13.1. The SMILES string of the molecule is O=C(NCCO)c1ccc([N+](=O)[O-])c(F)c1. The van der Waals surface area contributed by atoms with Gasteiger partial charge in [-0.05, 0) is 12.1 Å². The predicted molar refractivity (Wildman–Crippen MR) is 52.5 cm³/mol. The van der Waals surface area contributed by atoms with Gasteiger partial charge in [-0.2, -0.15) is 4.39 Å². The van der Waals surface area contributed by atoms with Crippen LogP contribution in [0.5, 0.6) is 0 Å². The monoisotopic (exact) mass is 228 g/mol. The van der Waals surface area contributed by atoms with E-state index in [-0.39, 0.29) is 18.7 Å². The molecule has 0 saturated heterocycles. The van der Waals surface area contributed by atoms with E-state index in [9.17, 15) is 19.3 Å². The molecule has 0 aliphatic heterocycles. The Kier molecular flexibility index (Phi) is 3.90. The minimum absolute atomic E-state index is 0.0310. The number of amides is 1. The van der Waals surface area contributed by atoms with Crippen molar-refractivity contribution < 1.29 is 19.2 Å². The van der Waals surface area contributed by atoms with Gasteiger partial charge in [-0.15, -0.1) is 0 Å². The largest absolute Gasteiger partial charge is 0.395 e. The molecule has 1 amide bonds. The van der Waals surface area contributed by atoms with Crippen molar-refractivity contribution in [1.82, 2.24) is 5.32 Å². The molecule has 7 heteroatoms. The zero-order valence-electron chi connectivity index (χ0n) is 8.14. The van der Waals surface area contributed by atoms with Crippen LogP contribution in [0.3, 0.4) is 0 Å². The Morgan fingerprint density at radius 3 is 2.75 bits per heavy atom. The van der Waals surface area contributed by atoms with Gasteiger partial charge in [0.2, 0.25) is 5.82 Å². The first kappa shape index (κ1) is 12.1. The normalized spacial score (nSPS) is 9.88. The topological polar surface area (TPSA) is 92.5 Å². The highest BCUT2D eigenvalue weighted by Gasteiger charge is 2.16. The van der Waals surface area contributed by atoms with Gasteiger partial charge in [0.25, 0.3) is 5.91 Å². The van der Waals surface area contributed by atoms with Crippen molar-refractivity contribution in [3.8, 4) is 0 Å². The fraction of sp³-hybridized carbons (Fsp3) is 0.222. The summed E-state index contributed by atoms with van der Waals surface area (Å²) in [5, 5.41) is 21.1. The van der Waals surface area contributed by atoms with Crippen molar-refractivity contribution in [3.63, 3.8) is 0 Å². The van der Waals surface area contributed by atoms with Gasteiger partial charge in [-0.1, -0.05) is 0 Å². The number of hydrogen-bond acceptors (Lipinski definition) is 4. The predicted octanol–water partition coefficient (Wildman–Crippen LogP) is 0.456. The second-order valence-corrected chi connectivity index (χ2v) is 2.90. The summed E-state index contributed by atoms with van der Waals surface area (Å²) < 4.78 is 13.1. The molecule has 0 spiro atoms. The van der Waals surface area contributed by atoms with Crippen LogP contribution >= 0.6 is 0 Å². The number of hydrogen-bond donors (Lipinski definition) is 2. The zero-order chi connectivity index (χ0) is 12.1. The number of carbonyl (C=O) groups is 1. The van der Waals surface area contributed by atoms with Crippen molar-refractivity contribution >= 4 is 11.6 Å². The molecule has 0 atom stereocenters. The molecule has 0 aliphatic carbocycles. The van der Waals surface area contributed by atoms with E-state index < -0.39 is 22.3 Å². The van der Waals surface area contributed by atoms with Crippen molar-refractivity contribution in [2.45, 2.75) is 0 Å². The summed E-state index contributed by atoms with van der Waals surface area (Å²) in [6, 6.07) is 2.85. The number of aliphatic hydroxyl groups excluding tert-OH is 1. The summed E-state index contributed by atoms with van der Waals surface area (Å²) in [6.45, 7) is -0.196. The average Bonchev–Trinajstić information content (AvgIpc) is 2.25. The molecule has 0 saturated carbocycles. The highest BCUT2D eigenvalue weighted by molar-refractivity contribution is 5.94. The van der Waals surface area contributed by atoms with Crippen LogP contribution in [-0.2, 0) is 0 Å². The number of nitro benzene ring substituents is 1. The second-order valence-electron chi connectivity index (χ2n) is 2.90. The Hall–Kier alpha value is -2.02. The summed E-state index contributed by atoms with van der Waals surface area (Å²) in [4.78, 5) is 20.7. The van der Waals surface area contributed by atoms with E-state index in [0.717, 1.165) is 18.2 Å². The Labute approximate surface area is 89.9 Å². The van der Waals surface area contributed by atoms with Gasteiger partial charge in [-0.3, -0.25) is 14.9 Å². The Balaban J connectivity index is 2.88. The fourth-order valence-corrected chi connectivity index (χ4v) is 1.07. The summed E-state index contributed by atoms with van der Waals surface area (Å²) >= 11 is 0. The molecule has 6 nitrogen and oxygen atoms in total. The first-order valence-electron chi connectivity index (χ1n) is 4.39. The van der Waals surface area contributed by atoms with Crippen LogP contribution in [-0.4, -0.2) is 29.1 Å². The van der Waals surface area contributed by atoms with Crippen LogP contribution in [0, 0.1) is 15.9 Å². The summed E-state index contributed by atoms with van der Waals surface area (Å²) in [7, 11) is 0. The van der Waals surface area contributed by atoms with E-state index in [0.29, 0.717) is 0 Å². The maximum atomic E-state index is 13.1. The lowest BCUT2D eigenvalue weighted by Crippen LogP contribution is -2.26. The Morgan fingerprint density at radius 1 is 1.56 bits per heavy atom. The molecule has 86 valence electrons. The number of nitrogens with zero attached hydrogens (tertiary/aromatic N) is 1. The van der Waals surface area contributed by atoms with Crippen LogP contribution in [0.15, 0.2) is 18.2 Å². The van der Waals surface area contributed by atoms with Gasteiger partial charge in [0, 0.05) is 18.2 Å². The summed E-state index contributed by atoms with van der Waals surface area (Å²) in [5.41, 5.74) is -0.713. The molecule has 1 rings (SSSR count). The van der Waals surface area contributed by atoms with E-state index >= 15 is 0 Å². The number of carbonyl (C=O) groups excluding carboxylic acids is 1. The van der Waals surface area contributed by atoms with Gasteiger partial charge >= 0.3 is 5.69 Å². The van der Waals surface area contributed by atoms with Gasteiger partial charge in [0.05, 0.1) is 11.5 Å². The first-order chi connectivity index (χ1) is 7.56. The van der Waals surface area contributed by atoms with Crippen LogP contribution in [0.1, 0.15) is 10.4 Å². The van der Waals surface area contributed by atoms with Crippen molar-refractivity contribution in [2.24, 2.45) is 0 Å². The minimum Gasteiger partial charge on any atom is -0.395 e. The van der Waals surface area contributed by atoms with Gasteiger partial charge < -0.3 is 10.4 Å². The third-order valence-electron chi connectivity index (χ3n) is 1.80. The molecule has 0 unspecified atom stereocenters. The third-order valence-corrected chi connectivity index (χ3v) is 1.80. The first-order valence-corrected chi connectivity index (χ1v) is 4.39. The highest BCUT2D eigenvalue weighted by atomic mass is 19.1. The molecule has 16 heavy (non-hydrogen) atoms. The lowest BCUT2D eigenvalue weighted by molar-refractivity contribution is -0.387. The number of nitrogens with one attached hydrogen (secondary N) is 1. The molecule has 0 aromatic heterocycles. The number of aliphatic hydroxyl groups is 1. The van der Waals surface area contributed by atoms with Gasteiger partial charge in [-0.25, -0.2) is 0 Å². The number of rotatable bonds is 4. The molecule has 0 aliphatic rings. The lowest BCUT2D eigenvalue weighted by Gasteiger charge is -2.03. The molecule has 0 heterocycles. The number of halogens is 1. The van der Waals surface area contributed by atoms with E-state index in [1.54, 1.807) is 0 Å². The standard InChI is InChI=1S/C9H9FN2O4/c10-7-5-6(9(14)11-3-4-13)1-2-8(7)12(15)16/h1-2,5,13H,3-4H2,(H,11,14). The van der Waals surface area contributed by atoms with Crippen LogP contribution < -0.4 is 5.32 Å². The van der Waals surface area contributed by atoms with Gasteiger partial charge in [0.15, 0.2) is 0 Å². The Bertz CT molecular complexity index is 422. The highest BCUT2D eigenvalue weighted by Crippen LogP contribution is 2.17. The summed E-state index contributed by atoms with van der Waals surface area (Å²) in [6.07, 6.45) is 0. The quantitative estimate of drug-likeness (QED) is 0.578. The fourth-order valence-electron chi connectivity index (χ4n) is 1.07. The lowest BCUT2D eigenvalue weighted by atomic mass is 10.2. The van der Waals surface area contributed by atoms with Crippen LogP contribution in [0.4, 0.5) is 10.1 Å². The zero-order valence-corrected chi connectivity index (χ0v) is 8.14. The van der Waals surface area contributed by atoms with E-state index in [1.165, 1.54) is 0 Å². The van der Waals surface area contributed by atoms with Crippen LogP contribution in [0.2, 0.25) is 0 Å². The molecular formula is C9H9FN2O4. The van der Waals surface area contributed by atoms with Gasteiger partial charge in [0.1, 0.15) is 0 Å². The van der Waals surface area contributed by atoms with Crippen LogP contribution in [0.25, 0.3) is 0 Å². The minimum atomic E-state index is -1.07. The van der Waals surface area contributed by atoms with Crippen molar-refractivity contribution in [2.75, 3.05) is 13.2 Å². The molecule has 0 fully saturated rings. The molecule has 2 N–H and O–H groups in total. The smallest absolute Gasteiger partial charge is 0.304 e. The molecular weight excluding hydrogens is 219 g/mol. The van der Waals surface area contributed by atoms with Crippen molar-refractivity contribution in [1.29, 1.82) is 0 Å². The average molecular weight is 228 g/mol. The molecule has 0 radical (unpaired) electrons. The molecule has 1 aromatic rings. The third kappa shape index (κ3) is 2.74. The Morgan fingerprint density at radius 2 is 2.25 bits per heavy atom. The maximum Gasteiger partial charge on any atom is 0.304 e. The molecule has 0 bridgehead atoms. The van der Waals surface area contributed by atoms with E-state index in [2.05, 4.69) is 5.32 Å². The number of benzene rings is 1. The van der Waals surface area contributed by atoms with E-state index in [1.807, 2.05) is 0 Å². The number of nitro groups is 1. The second kappa shape index (κ2) is 5.17.